The summed E-state index contributed by atoms with van der Waals surface area (Å²) in [6, 6.07) is 1.01. The molecule has 0 radical (unpaired) electrons. The molecule has 2 atom stereocenters. The van der Waals surface area contributed by atoms with Gasteiger partial charge < -0.3 is 15.0 Å². The van der Waals surface area contributed by atoms with Gasteiger partial charge in [-0.25, -0.2) is 0 Å². The monoisotopic (exact) mass is 245 g/mol. The van der Waals surface area contributed by atoms with E-state index in [2.05, 4.69) is 50.0 Å². The lowest BCUT2D eigenvalue weighted by atomic mass is 10.1. The van der Waals surface area contributed by atoms with E-state index in [0.29, 0.717) is 12.1 Å². The minimum atomic E-state index is 0.458. The first-order chi connectivity index (χ1) is 8.06. The molecule has 0 aliphatic heterocycles. The molecule has 0 aliphatic carbocycles. The first-order valence-corrected chi connectivity index (χ1v) is 6.66. The highest BCUT2D eigenvalue weighted by molar-refractivity contribution is 4.79. The standard InChI is InChI=1S/C13H31N3O/c1-7-14-9-13(11-17-6)16(8-2)12(3)10-15(4)5/h12-14H,7-11H2,1-6H3. The molecule has 4 heteroatoms. The molecule has 0 aromatic heterocycles. The number of nitrogens with one attached hydrogen (secondary N) is 1. The third kappa shape index (κ3) is 6.99. The summed E-state index contributed by atoms with van der Waals surface area (Å²) in [6.07, 6.45) is 0. The third-order valence-electron chi connectivity index (χ3n) is 3.02. The van der Waals surface area contributed by atoms with E-state index in [1.807, 2.05) is 0 Å². The molecule has 0 aromatic rings. The number of hydrogen-bond acceptors (Lipinski definition) is 4. The van der Waals surface area contributed by atoms with E-state index < -0.39 is 0 Å². The molecule has 0 heterocycles. The zero-order valence-corrected chi connectivity index (χ0v) is 12.5. The van der Waals surface area contributed by atoms with Gasteiger partial charge in [0, 0.05) is 32.3 Å². The van der Waals surface area contributed by atoms with Crippen molar-refractivity contribution in [3.05, 3.63) is 0 Å². The van der Waals surface area contributed by atoms with E-state index in [4.69, 9.17) is 4.74 Å². The number of likely N-dealkylation sites (N-methyl/N-ethyl adjacent to an activating group) is 3. The SMILES string of the molecule is CCNCC(COC)N(CC)C(C)CN(C)C. The van der Waals surface area contributed by atoms with Crippen molar-refractivity contribution < 1.29 is 4.74 Å². The predicted octanol–water partition coefficient (Wildman–Crippen LogP) is 0.883. The molecule has 0 saturated heterocycles. The summed E-state index contributed by atoms with van der Waals surface area (Å²) in [5, 5.41) is 3.42. The fourth-order valence-electron chi connectivity index (χ4n) is 2.34. The van der Waals surface area contributed by atoms with Gasteiger partial charge in [-0.1, -0.05) is 13.8 Å². The van der Waals surface area contributed by atoms with Crippen molar-refractivity contribution in [2.24, 2.45) is 0 Å². The number of ether oxygens (including phenoxy) is 1. The van der Waals surface area contributed by atoms with Crippen molar-refractivity contribution in [1.29, 1.82) is 0 Å². The van der Waals surface area contributed by atoms with Crippen LogP contribution in [0.1, 0.15) is 20.8 Å². The Bertz CT molecular complexity index is 176. The van der Waals surface area contributed by atoms with Crippen LogP contribution in [0.3, 0.4) is 0 Å². The maximum absolute atomic E-state index is 5.34. The number of nitrogens with zero attached hydrogens (tertiary/aromatic N) is 2. The zero-order chi connectivity index (χ0) is 13.3. The Morgan fingerprint density at radius 2 is 1.88 bits per heavy atom. The van der Waals surface area contributed by atoms with Crippen LogP contribution in [0, 0.1) is 0 Å². The molecular formula is C13H31N3O. The van der Waals surface area contributed by atoms with Gasteiger partial charge in [0.25, 0.3) is 0 Å². The first kappa shape index (κ1) is 16.8. The Kier molecular flexibility index (Phi) is 9.74. The van der Waals surface area contributed by atoms with E-state index >= 15 is 0 Å². The number of hydrogen-bond donors (Lipinski definition) is 1. The summed E-state index contributed by atoms with van der Waals surface area (Å²) >= 11 is 0. The van der Waals surface area contributed by atoms with E-state index in [1.54, 1.807) is 7.11 Å². The molecule has 0 bridgehead atoms. The largest absolute Gasteiger partial charge is 0.383 e. The molecule has 0 rings (SSSR count). The van der Waals surface area contributed by atoms with Crippen molar-refractivity contribution in [1.82, 2.24) is 15.1 Å². The van der Waals surface area contributed by atoms with Gasteiger partial charge in [0.15, 0.2) is 0 Å². The summed E-state index contributed by atoms with van der Waals surface area (Å²) in [4.78, 5) is 4.76. The summed E-state index contributed by atoms with van der Waals surface area (Å²) in [7, 11) is 6.03. The molecule has 104 valence electrons. The van der Waals surface area contributed by atoms with Crippen molar-refractivity contribution in [2.75, 3.05) is 54.0 Å². The van der Waals surface area contributed by atoms with Crippen LogP contribution in [0.15, 0.2) is 0 Å². The molecule has 0 saturated carbocycles. The van der Waals surface area contributed by atoms with Gasteiger partial charge in [0.2, 0.25) is 0 Å². The van der Waals surface area contributed by atoms with E-state index in [-0.39, 0.29) is 0 Å². The van der Waals surface area contributed by atoms with Gasteiger partial charge in [-0.3, -0.25) is 4.90 Å². The molecule has 17 heavy (non-hydrogen) atoms. The lowest BCUT2D eigenvalue weighted by Gasteiger charge is -2.36. The third-order valence-corrected chi connectivity index (χ3v) is 3.02. The topological polar surface area (TPSA) is 27.7 Å². The van der Waals surface area contributed by atoms with Gasteiger partial charge in [-0.05, 0) is 34.1 Å². The van der Waals surface area contributed by atoms with Crippen LogP contribution >= 0.6 is 0 Å². The average Bonchev–Trinajstić information content (AvgIpc) is 2.25. The van der Waals surface area contributed by atoms with Crippen molar-refractivity contribution >= 4 is 0 Å². The second-order valence-electron chi connectivity index (χ2n) is 4.86. The molecule has 0 fully saturated rings. The second kappa shape index (κ2) is 9.83. The lowest BCUT2D eigenvalue weighted by Crippen LogP contribution is -2.51. The maximum Gasteiger partial charge on any atom is 0.0630 e. The number of rotatable bonds is 10. The van der Waals surface area contributed by atoms with E-state index in [9.17, 15) is 0 Å². The molecule has 0 amide bonds. The molecule has 2 unspecified atom stereocenters. The Morgan fingerprint density at radius 1 is 1.24 bits per heavy atom. The van der Waals surface area contributed by atoms with Crippen LogP contribution in [0.2, 0.25) is 0 Å². The molecule has 0 aliphatic rings. The highest BCUT2D eigenvalue weighted by Crippen LogP contribution is 2.07. The summed E-state index contributed by atoms with van der Waals surface area (Å²) in [5.41, 5.74) is 0. The predicted molar refractivity (Wildman–Crippen MR) is 74.6 cm³/mol. The molecule has 0 aromatic carbocycles. The fraction of sp³-hybridized carbons (Fsp3) is 1.00. The van der Waals surface area contributed by atoms with Gasteiger partial charge in [0.1, 0.15) is 0 Å². The van der Waals surface area contributed by atoms with Crippen LogP contribution in [0.5, 0.6) is 0 Å². The lowest BCUT2D eigenvalue weighted by molar-refractivity contribution is 0.0604. The smallest absolute Gasteiger partial charge is 0.0630 e. The van der Waals surface area contributed by atoms with Crippen LogP contribution < -0.4 is 5.32 Å². The van der Waals surface area contributed by atoms with Gasteiger partial charge in [-0.15, -0.1) is 0 Å². The molecule has 4 nitrogen and oxygen atoms in total. The Morgan fingerprint density at radius 3 is 2.29 bits per heavy atom. The van der Waals surface area contributed by atoms with Crippen molar-refractivity contribution in [3.8, 4) is 0 Å². The Balaban J connectivity index is 4.40. The van der Waals surface area contributed by atoms with E-state index in [1.165, 1.54) is 0 Å². The van der Waals surface area contributed by atoms with Crippen LogP contribution in [-0.4, -0.2) is 75.9 Å². The van der Waals surface area contributed by atoms with Gasteiger partial charge in [0.05, 0.1) is 6.61 Å². The molecular weight excluding hydrogens is 214 g/mol. The average molecular weight is 245 g/mol. The van der Waals surface area contributed by atoms with Crippen LogP contribution in [0.4, 0.5) is 0 Å². The van der Waals surface area contributed by atoms with Gasteiger partial charge >= 0.3 is 0 Å². The Hall–Kier alpha value is -0.160. The maximum atomic E-state index is 5.34. The highest BCUT2D eigenvalue weighted by atomic mass is 16.5. The van der Waals surface area contributed by atoms with Crippen LogP contribution in [0.25, 0.3) is 0 Å². The Labute approximate surface area is 107 Å². The van der Waals surface area contributed by atoms with Crippen LogP contribution in [-0.2, 0) is 4.74 Å². The van der Waals surface area contributed by atoms with Gasteiger partial charge in [-0.2, -0.15) is 0 Å². The zero-order valence-electron chi connectivity index (χ0n) is 12.5. The fourth-order valence-corrected chi connectivity index (χ4v) is 2.34. The van der Waals surface area contributed by atoms with E-state index in [0.717, 1.165) is 32.8 Å². The molecule has 0 spiro atoms. The first-order valence-electron chi connectivity index (χ1n) is 6.66. The highest BCUT2D eigenvalue weighted by Gasteiger charge is 2.22. The van der Waals surface area contributed by atoms with Crippen molar-refractivity contribution in [3.63, 3.8) is 0 Å². The quantitative estimate of drug-likeness (QED) is 0.618. The summed E-state index contributed by atoms with van der Waals surface area (Å²) < 4.78 is 5.34. The number of methoxy groups -OCH3 is 1. The summed E-state index contributed by atoms with van der Waals surface area (Å²) in [6.45, 7) is 11.6. The minimum Gasteiger partial charge on any atom is -0.383 e. The normalized spacial score (nSPS) is 15.5. The summed E-state index contributed by atoms with van der Waals surface area (Å²) in [5.74, 6) is 0. The second-order valence-corrected chi connectivity index (χ2v) is 4.86. The van der Waals surface area contributed by atoms with Crippen molar-refractivity contribution in [2.45, 2.75) is 32.9 Å². The minimum absolute atomic E-state index is 0.458. The molecule has 1 N–H and O–H groups in total.